The molecule has 0 fully saturated rings. The largest absolute Gasteiger partial charge is 0.492 e. The van der Waals surface area contributed by atoms with Gasteiger partial charge in [0.25, 0.3) is 0 Å². The zero-order chi connectivity index (χ0) is 33.3. The Kier molecular flexibility index (Phi) is 11.8. The van der Waals surface area contributed by atoms with Crippen LogP contribution in [-0.2, 0) is 21.4 Å². The van der Waals surface area contributed by atoms with Crippen LogP contribution in [0.15, 0.2) is 84.9 Å². The standard InChI is InChI=1S/C36H42N2O7S/c1-6-43-36(40)29-14-12-28(13-15-29)31-20-24(2)35(25(3)21-31)44-19-18-37-26(4)34(39)30-16-17-33(32(22-30)38-46(5,41)42)45-23-27-10-8-7-9-11-27/h7-17,20-22,26,34,37-39H,6,18-19,23H2,1-5H3/t26-,34+/m0/s1. The Labute approximate surface area is 271 Å². The maximum Gasteiger partial charge on any atom is 0.338 e. The van der Waals surface area contributed by atoms with Crippen LogP contribution < -0.4 is 19.5 Å². The lowest BCUT2D eigenvalue weighted by atomic mass is 9.99. The Hall–Kier alpha value is -4.38. The summed E-state index contributed by atoms with van der Waals surface area (Å²) in [5.41, 5.74) is 6.24. The number of hydrogen-bond acceptors (Lipinski definition) is 8. The second-order valence-electron chi connectivity index (χ2n) is 11.2. The van der Waals surface area contributed by atoms with Gasteiger partial charge in [-0.25, -0.2) is 13.2 Å². The molecule has 0 aliphatic carbocycles. The van der Waals surface area contributed by atoms with Gasteiger partial charge in [0, 0.05) is 12.6 Å². The molecule has 2 atom stereocenters. The summed E-state index contributed by atoms with van der Waals surface area (Å²) in [5.74, 6) is 0.825. The van der Waals surface area contributed by atoms with Crippen molar-refractivity contribution in [3.63, 3.8) is 0 Å². The van der Waals surface area contributed by atoms with Gasteiger partial charge in [-0.3, -0.25) is 4.72 Å². The number of anilines is 1. The molecular formula is C36H42N2O7S. The predicted molar refractivity (Wildman–Crippen MR) is 181 cm³/mol. The van der Waals surface area contributed by atoms with Gasteiger partial charge in [0.05, 0.1) is 30.2 Å². The number of sulfonamides is 1. The summed E-state index contributed by atoms with van der Waals surface area (Å²) >= 11 is 0. The van der Waals surface area contributed by atoms with E-state index in [1.165, 1.54) is 0 Å². The summed E-state index contributed by atoms with van der Waals surface area (Å²) in [4.78, 5) is 12.0. The second-order valence-corrected chi connectivity index (χ2v) is 12.9. The van der Waals surface area contributed by atoms with Gasteiger partial charge in [-0.05, 0) is 97.5 Å². The summed E-state index contributed by atoms with van der Waals surface area (Å²) in [6.07, 6.45) is 0.157. The minimum Gasteiger partial charge on any atom is -0.492 e. The molecule has 4 aromatic rings. The maximum atomic E-state index is 12.1. The van der Waals surface area contributed by atoms with Gasteiger partial charge in [0.1, 0.15) is 24.7 Å². The molecule has 46 heavy (non-hydrogen) atoms. The summed E-state index contributed by atoms with van der Waals surface area (Å²) in [6.45, 7) is 9.07. The van der Waals surface area contributed by atoms with E-state index in [1.807, 2.05) is 63.2 Å². The molecule has 0 amide bonds. The minimum absolute atomic E-state index is 0.259. The van der Waals surface area contributed by atoms with E-state index in [-0.39, 0.29) is 24.3 Å². The van der Waals surface area contributed by atoms with Gasteiger partial charge < -0.3 is 24.6 Å². The molecule has 0 heterocycles. The fourth-order valence-electron chi connectivity index (χ4n) is 5.07. The van der Waals surface area contributed by atoms with E-state index in [0.717, 1.165) is 39.8 Å². The van der Waals surface area contributed by atoms with Crippen LogP contribution in [-0.4, -0.2) is 51.5 Å². The molecule has 0 aliphatic heterocycles. The quantitative estimate of drug-likeness (QED) is 0.103. The summed E-state index contributed by atoms with van der Waals surface area (Å²) in [6, 6.07) is 25.6. The zero-order valence-corrected chi connectivity index (χ0v) is 27.7. The Morgan fingerprint density at radius 3 is 2.20 bits per heavy atom. The number of aliphatic hydroxyl groups excluding tert-OH is 1. The van der Waals surface area contributed by atoms with E-state index in [9.17, 15) is 18.3 Å². The smallest absolute Gasteiger partial charge is 0.338 e. The molecule has 3 N–H and O–H groups in total. The van der Waals surface area contributed by atoms with Crippen molar-refractivity contribution in [1.82, 2.24) is 5.32 Å². The van der Waals surface area contributed by atoms with Crippen molar-refractivity contribution in [1.29, 1.82) is 0 Å². The number of hydrogen-bond donors (Lipinski definition) is 3. The number of benzene rings is 4. The van der Waals surface area contributed by atoms with Crippen LogP contribution in [0, 0.1) is 13.8 Å². The third kappa shape index (κ3) is 9.56. The van der Waals surface area contributed by atoms with E-state index in [2.05, 4.69) is 22.2 Å². The highest BCUT2D eigenvalue weighted by atomic mass is 32.2. The minimum atomic E-state index is -3.58. The first-order valence-electron chi connectivity index (χ1n) is 15.2. The molecule has 0 bridgehead atoms. The second kappa shape index (κ2) is 15.8. The van der Waals surface area contributed by atoms with Crippen LogP contribution in [0.25, 0.3) is 11.1 Å². The van der Waals surface area contributed by atoms with Gasteiger partial charge in [0.15, 0.2) is 0 Å². The lowest BCUT2D eigenvalue weighted by Crippen LogP contribution is -2.35. The van der Waals surface area contributed by atoms with Crippen LogP contribution >= 0.6 is 0 Å². The molecule has 0 radical (unpaired) electrons. The molecule has 244 valence electrons. The van der Waals surface area contributed by atoms with Gasteiger partial charge in [-0.1, -0.05) is 48.5 Å². The lowest BCUT2D eigenvalue weighted by molar-refractivity contribution is 0.0526. The van der Waals surface area contributed by atoms with Crippen molar-refractivity contribution < 1.29 is 32.5 Å². The van der Waals surface area contributed by atoms with Gasteiger partial charge in [-0.15, -0.1) is 0 Å². The Balaban J connectivity index is 1.34. The molecule has 0 saturated heterocycles. The Morgan fingerprint density at radius 2 is 1.57 bits per heavy atom. The maximum absolute atomic E-state index is 12.1. The lowest BCUT2D eigenvalue weighted by Gasteiger charge is -2.23. The van der Waals surface area contributed by atoms with E-state index in [1.54, 1.807) is 37.3 Å². The SMILES string of the molecule is CCOC(=O)c1ccc(-c2cc(C)c(OCCN[C@@H](C)[C@@H](O)c3ccc(OCc4ccccc4)c(NS(C)(=O)=O)c3)c(C)c2)cc1. The van der Waals surface area contributed by atoms with Crippen molar-refractivity contribution in [2.45, 2.75) is 46.4 Å². The third-order valence-corrected chi connectivity index (χ3v) is 7.95. The average Bonchev–Trinajstić information content (AvgIpc) is 3.02. The first kappa shape index (κ1) is 34.5. The number of carbonyl (C=O) groups is 1. The van der Waals surface area contributed by atoms with E-state index in [0.29, 0.717) is 36.6 Å². The van der Waals surface area contributed by atoms with Crippen molar-refractivity contribution >= 4 is 21.7 Å². The number of carbonyl (C=O) groups excluding carboxylic acids is 1. The molecule has 9 nitrogen and oxygen atoms in total. The molecule has 0 aromatic heterocycles. The van der Waals surface area contributed by atoms with E-state index >= 15 is 0 Å². The highest BCUT2D eigenvalue weighted by Crippen LogP contribution is 2.32. The molecule has 4 rings (SSSR count). The number of esters is 1. The monoisotopic (exact) mass is 646 g/mol. The predicted octanol–water partition coefficient (Wildman–Crippen LogP) is 6.19. The van der Waals surface area contributed by atoms with E-state index < -0.39 is 16.1 Å². The fraction of sp³-hybridized carbons (Fsp3) is 0.306. The average molecular weight is 647 g/mol. The molecule has 0 spiro atoms. The topological polar surface area (TPSA) is 123 Å². The summed E-state index contributed by atoms with van der Waals surface area (Å²) < 4.78 is 43.7. The highest BCUT2D eigenvalue weighted by Gasteiger charge is 2.19. The number of aliphatic hydroxyl groups is 1. The fourth-order valence-corrected chi connectivity index (χ4v) is 5.63. The number of rotatable bonds is 15. The van der Waals surface area contributed by atoms with Crippen molar-refractivity contribution in [3.05, 3.63) is 113 Å². The van der Waals surface area contributed by atoms with Gasteiger partial charge >= 0.3 is 5.97 Å². The molecule has 4 aromatic carbocycles. The third-order valence-electron chi connectivity index (χ3n) is 7.36. The molecular weight excluding hydrogens is 604 g/mol. The number of nitrogens with one attached hydrogen (secondary N) is 2. The van der Waals surface area contributed by atoms with Crippen LogP contribution in [0.4, 0.5) is 5.69 Å². The highest BCUT2D eigenvalue weighted by molar-refractivity contribution is 7.92. The van der Waals surface area contributed by atoms with Crippen molar-refractivity contribution in [2.75, 3.05) is 30.7 Å². The molecule has 0 aliphatic rings. The van der Waals surface area contributed by atoms with Crippen LogP contribution in [0.2, 0.25) is 0 Å². The Morgan fingerprint density at radius 1 is 0.891 bits per heavy atom. The summed E-state index contributed by atoms with van der Waals surface area (Å²) in [5, 5.41) is 14.4. The normalized spacial score (nSPS) is 12.7. The Bertz CT molecular complexity index is 1700. The number of aryl methyl sites for hydroxylation is 2. The zero-order valence-electron chi connectivity index (χ0n) is 26.9. The first-order valence-corrected chi connectivity index (χ1v) is 17.1. The van der Waals surface area contributed by atoms with Crippen LogP contribution in [0.5, 0.6) is 11.5 Å². The van der Waals surface area contributed by atoms with Crippen LogP contribution in [0.1, 0.15) is 52.6 Å². The molecule has 0 unspecified atom stereocenters. The van der Waals surface area contributed by atoms with Crippen molar-refractivity contribution in [2.24, 2.45) is 0 Å². The molecule has 10 heteroatoms. The van der Waals surface area contributed by atoms with Gasteiger partial charge in [-0.2, -0.15) is 0 Å². The molecule has 0 saturated carbocycles. The van der Waals surface area contributed by atoms with Crippen LogP contribution in [0.3, 0.4) is 0 Å². The summed E-state index contributed by atoms with van der Waals surface area (Å²) in [7, 11) is -3.58. The first-order chi connectivity index (χ1) is 21.9. The number of ether oxygens (including phenoxy) is 3. The van der Waals surface area contributed by atoms with Crippen molar-refractivity contribution in [3.8, 4) is 22.6 Å². The van der Waals surface area contributed by atoms with E-state index in [4.69, 9.17) is 14.2 Å². The van der Waals surface area contributed by atoms with Gasteiger partial charge in [0.2, 0.25) is 10.0 Å².